The molecule has 0 fully saturated rings. The Morgan fingerprint density at radius 1 is 1.35 bits per heavy atom. The summed E-state index contributed by atoms with van der Waals surface area (Å²) in [5.41, 5.74) is -0.103. The van der Waals surface area contributed by atoms with Gasteiger partial charge in [0.05, 0.1) is 12.7 Å². The Morgan fingerprint density at radius 3 is 2.94 bits per heavy atom. The van der Waals surface area contributed by atoms with Gasteiger partial charge in [0.1, 0.15) is 0 Å². The van der Waals surface area contributed by atoms with Crippen molar-refractivity contribution < 1.29 is 0 Å². The monoisotopic (exact) mass is 234 g/mol. The van der Waals surface area contributed by atoms with Crippen molar-refractivity contribution in [2.45, 2.75) is 20.0 Å². The maximum atomic E-state index is 11.8. The van der Waals surface area contributed by atoms with Crippen LogP contribution in [0.15, 0.2) is 29.6 Å². The summed E-state index contributed by atoms with van der Waals surface area (Å²) in [5, 5.41) is 10.5. The number of hydrogen-bond donors (Lipinski definition) is 1. The van der Waals surface area contributed by atoms with E-state index in [0.29, 0.717) is 25.5 Å². The average Bonchev–Trinajstić information content (AvgIpc) is 2.84. The fraction of sp³-hybridized carbons (Fsp3) is 0.400. The van der Waals surface area contributed by atoms with Gasteiger partial charge in [-0.2, -0.15) is 0 Å². The van der Waals surface area contributed by atoms with Crippen molar-refractivity contribution in [1.82, 2.24) is 24.5 Å². The molecule has 0 radical (unpaired) electrons. The summed E-state index contributed by atoms with van der Waals surface area (Å²) in [6.45, 7) is 3.78. The number of nitrogens with one attached hydrogen (secondary N) is 1. The van der Waals surface area contributed by atoms with Crippen LogP contribution in [-0.2, 0) is 13.1 Å². The summed E-state index contributed by atoms with van der Waals surface area (Å²) in [6, 6.07) is 0. The molecule has 2 rings (SSSR count). The van der Waals surface area contributed by atoms with Crippen LogP contribution in [0.5, 0.6) is 0 Å². The second-order valence-electron chi connectivity index (χ2n) is 3.46. The first-order valence-corrected chi connectivity index (χ1v) is 5.44. The standard InChI is InChI=1S/C10H14N6O/c1-2-15-6-3-11-9(10(15)17)12-4-7-16-8-5-13-14-16/h3,5-6,8H,2,4,7H2,1H3,(H,11,12). The summed E-state index contributed by atoms with van der Waals surface area (Å²) >= 11 is 0. The van der Waals surface area contributed by atoms with E-state index < -0.39 is 0 Å². The van der Waals surface area contributed by atoms with Gasteiger partial charge in [-0.05, 0) is 6.92 Å². The van der Waals surface area contributed by atoms with E-state index in [4.69, 9.17) is 0 Å². The normalized spacial score (nSPS) is 10.4. The number of nitrogens with zero attached hydrogens (tertiary/aromatic N) is 5. The zero-order valence-corrected chi connectivity index (χ0v) is 9.58. The first-order valence-electron chi connectivity index (χ1n) is 5.44. The Morgan fingerprint density at radius 2 is 2.24 bits per heavy atom. The molecule has 0 aliphatic carbocycles. The lowest BCUT2D eigenvalue weighted by Crippen LogP contribution is -2.25. The molecule has 1 N–H and O–H groups in total. The molecule has 0 spiro atoms. The minimum atomic E-state index is -0.103. The molecule has 90 valence electrons. The van der Waals surface area contributed by atoms with Gasteiger partial charge < -0.3 is 9.88 Å². The van der Waals surface area contributed by atoms with Crippen molar-refractivity contribution in [3.05, 3.63) is 35.1 Å². The van der Waals surface area contributed by atoms with Gasteiger partial charge in [-0.25, -0.2) is 4.98 Å². The Hall–Kier alpha value is -2.18. The van der Waals surface area contributed by atoms with Crippen molar-refractivity contribution >= 4 is 5.82 Å². The highest BCUT2D eigenvalue weighted by atomic mass is 16.1. The van der Waals surface area contributed by atoms with Crippen LogP contribution in [0, 0.1) is 0 Å². The quantitative estimate of drug-likeness (QED) is 0.785. The lowest BCUT2D eigenvalue weighted by atomic mass is 10.5. The van der Waals surface area contributed by atoms with E-state index in [1.807, 2.05) is 6.92 Å². The van der Waals surface area contributed by atoms with E-state index in [9.17, 15) is 4.79 Å². The Labute approximate surface area is 98.1 Å². The molecule has 17 heavy (non-hydrogen) atoms. The molecule has 0 aliphatic rings. The third kappa shape index (κ3) is 2.68. The highest BCUT2D eigenvalue weighted by Gasteiger charge is 2.02. The van der Waals surface area contributed by atoms with Crippen molar-refractivity contribution in [1.29, 1.82) is 0 Å². The maximum Gasteiger partial charge on any atom is 0.293 e. The fourth-order valence-electron chi connectivity index (χ4n) is 1.46. The summed E-state index contributed by atoms with van der Waals surface area (Å²) < 4.78 is 3.29. The average molecular weight is 234 g/mol. The predicted molar refractivity (Wildman–Crippen MR) is 62.7 cm³/mol. The molecule has 7 heteroatoms. The van der Waals surface area contributed by atoms with Crippen LogP contribution in [0.3, 0.4) is 0 Å². The zero-order valence-electron chi connectivity index (χ0n) is 9.58. The molecule has 7 nitrogen and oxygen atoms in total. The molecular formula is C10H14N6O. The van der Waals surface area contributed by atoms with Crippen LogP contribution in [0.1, 0.15) is 6.92 Å². The SMILES string of the molecule is CCn1ccnc(NCCn2ccnn2)c1=O. The van der Waals surface area contributed by atoms with Crippen molar-refractivity contribution in [3.8, 4) is 0 Å². The number of aromatic nitrogens is 5. The molecule has 2 aromatic rings. The second-order valence-corrected chi connectivity index (χ2v) is 3.46. The highest BCUT2D eigenvalue weighted by Crippen LogP contribution is 1.92. The van der Waals surface area contributed by atoms with Crippen LogP contribution in [0.25, 0.3) is 0 Å². The third-order valence-electron chi connectivity index (χ3n) is 2.36. The molecule has 0 aromatic carbocycles. The molecular weight excluding hydrogens is 220 g/mol. The van der Waals surface area contributed by atoms with E-state index in [1.54, 1.807) is 34.0 Å². The summed E-state index contributed by atoms with van der Waals surface area (Å²) in [4.78, 5) is 15.8. The van der Waals surface area contributed by atoms with Crippen LogP contribution in [-0.4, -0.2) is 31.1 Å². The Bertz CT molecular complexity index is 518. The van der Waals surface area contributed by atoms with Gasteiger partial charge in [-0.1, -0.05) is 5.21 Å². The maximum absolute atomic E-state index is 11.8. The minimum Gasteiger partial charge on any atom is -0.364 e. The fourth-order valence-corrected chi connectivity index (χ4v) is 1.46. The van der Waals surface area contributed by atoms with E-state index in [0.717, 1.165) is 0 Å². The van der Waals surface area contributed by atoms with Crippen LogP contribution in [0.2, 0.25) is 0 Å². The van der Waals surface area contributed by atoms with Gasteiger partial charge in [0.2, 0.25) is 0 Å². The van der Waals surface area contributed by atoms with Crippen molar-refractivity contribution in [3.63, 3.8) is 0 Å². The number of anilines is 1. The van der Waals surface area contributed by atoms with Gasteiger partial charge >= 0.3 is 0 Å². The van der Waals surface area contributed by atoms with Gasteiger partial charge in [0, 0.05) is 31.7 Å². The Balaban J connectivity index is 1.97. The van der Waals surface area contributed by atoms with E-state index in [-0.39, 0.29) is 5.56 Å². The lowest BCUT2D eigenvalue weighted by molar-refractivity contribution is 0.607. The number of rotatable bonds is 5. The van der Waals surface area contributed by atoms with E-state index in [2.05, 4.69) is 20.6 Å². The summed E-state index contributed by atoms with van der Waals surface area (Å²) in [6.07, 6.45) is 6.67. The van der Waals surface area contributed by atoms with Gasteiger partial charge in [0.15, 0.2) is 5.82 Å². The lowest BCUT2D eigenvalue weighted by Gasteiger charge is -2.06. The van der Waals surface area contributed by atoms with E-state index in [1.165, 1.54) is 0 Å². The third-order valence-corrected chi connectivity index (χ3v) is 2.36. The largest absolute Gasteiger partial charge is 0.364 e. The molecule has 0 saturated heterocycles. The minimum absolute atomic E-state index is 0.103. The highest BCUT2D eigenvalue weighted by molar-refractivity contribution is 5.30. The smallest absolute Gasteiger partial charge is 0.293 e. The van der Waals surface area contributed by atoms with Crippen LogP contribution in [0.4, 0.5) is 5.82 Å². The predicted octanol–water partition coefficient (Wildman–Crippen LogP) is -0.0332. The Kier molecular flexibility index (Phi) is 3.49. The molecule has 0 aliphatic heterocycles. The first-order chi connectivity index (χ1) is 8.31. The molecule has 0 bridgehead atoms. The summed E-state index contributed by atoms with van der Waals surface area (Å²) in [5.74, 6) is 0.370. The van der Waals surface area contributed by atoms with Gasteiger partial charge in [-0.3, -0.25) is 9.48 Å². The molecule has 2 heterocycles. The van der Waals surface area contributed by atoms with E-state index >= 15 is 0 Å². The van der Waals surface area contributed by atoms with Gasteiger partial charge in [-0.15, -0.1) is 5.10 Å². The molecule has 0 amide bonds. The second kappa shape index (κ2) is 5.24. The van der Waals surface area contributed by atoms with Crippen LogP contribution < -0.4 is 10.9 Å². The van der Waals surface area contributed by atoms with Crippen molar-refractivity contribution in [2.75, 3.05) is 11.9 Å². The number of hydrogen-bond acceptors (Lipinski definition) is 5. The van der Waals surface area contributed by atoms with Crippen LogP contribution >= 0.6 is 0 Å². The van der Waals surface area contributed by atoms with Gasteiger partial charge in [0.25, 0.3) is 5.56 Å². The molecule has 0 unspecified atom stereocenters. The summed E-state index contributed by atoms with van der Waals surface area (Å²) in [7, 11) is 0. The first kappa shape index (κ1) is 11.3. The zero-order chi connectivity index (χ0) is 12.1. The number of aryl methyl sites for hydroxylation is 1. The topological polar surface area (TPSA) is 77.6 Å². The van der Waals surface area contributed by atoms with Crippen molar-refractivity contribution in [2.24, 2.45) is 0 Å². The molecule has 0 saturated carbocycles. The molecule has 0 atom stereocenters. The molecule has 2 aromatic heterocycles.